The van der Waals surface area contributed by atoms with Crippen LogP contribution in [0.3, 0.4) is 0 Å². The van der Waals surface area contributed by atoms with Crippen LogP contribution in [0.2, 0.25) is 0 Å². The van der Waals surface area contributed by atoms with Gasteiger partial charge in [-0.2, -0.15) is 5.10 Å². The lowest BCUT2D eigenvalue weighted by molar-refractivity contribution is 0.364. The molecule has 0 aliphatic carbocycles. The van der Waals surface area contributed by atoms with Crippen LogP contribution in [0, 0.1) is 0 Å². The van der Waals surface area contributed by atoms with Crippen LogP contribution in [0.5, 0.6) is 0 Å². The van der Waals surface area contributed by atoms with Gasteiger partial charge in [0.05, 0.1) is 6.20 Å². The molecular formula is C11H23N5O2S. The summed E-state index contributed by atoms with van der Waals surface area (Å²) in [5, 5.41) is 8.74. The molecule has 1 aromatic rings. The second-order valence-electron chi connectivity index (χ2n) is 4.53. The van der Waals surface area contributed by atoms with Crippen molar-refractivity contribution in [2.24, 2.45) is 0 Å². The molecule has 0 aliphatic rings. The van der Waals surface area contributed by atoms with Gasteiger partial charge < -0.3 is 5.32 Å². The number of hydrazine groups is 1. The number of hydrogen-bond donors (Lipinski definition) is 2. The molecule has 19 heavy (non-hydrogen) atoms. The van der Waals surface area contributed by atoms with Crippen molar-refractivity contribution >= 4 is 10.0 Å². The Morgan fingerprint density at radius 2 is 2.11 bits per heavy atom. The predicted octanol–water partition coefficient (Wildman–Crippen LogP) is 0.0277. The minimum atomic E-state index is -3.50. The number of nitrogens with one attached hydrogen (secondary N) is 2. The molecule has 1 aromatic heterocycles. The second kappa shape index (κ2) is 7.59. The van der Waals surface area contributed by atoms with Crippen molar-refractivity contribution in [2.45, 2.75) is 31.2 Å². The van der Waals surface area contributed by atoms with Crippen molar-refractivity contribution in [3.8, 4) is 0 Å². The number of rotatable bonds is 9. The molecule has 8 heteroatoms. The highest BCUT2D eigenvalue weighted by atomic mass is 32.2. The molecule has 0 amide bonds. The minimum absolute atomic E-state index is 0.183. The zero-order chi connectivity index (χ0) is 14.3. The molecule has 1 rings (SSSR count). The maximum absolute atomic E-state index is 11.9. The summed E-state index contributed by atoms with van der Waals surface area (Å²) in [5.74, 6) is 0. The van der Waals surface area contributed by atoms with E-state index in [0.717, 1.165) is 25.9 Å². The van der Waals surface area contributed by atoms with Gasteiger partial charge in [-0.3, -0.25) is 4.68 Å². The third-order valence-electron chi connectivity index (χ3n) is 2.39. The van der Waals surface area contributed by atoms with E-state index < -0.39 is 10.0 Å². The quantitative estimate of drug-likeness (QED) is 0.495. The van der Waals surface area contributed by atoms with Crippen LogP contribution >= 0.6 is 0 Å². The molecule has 0 saturated heterocycles. The molecule has 0 bridgehead atoms. The summed E-state index contributed by atoms with van der Waals surface area (Å²) in [5.41, 5.74) is 0. The van der Waals surface area contributed by atoms with Crippen LogP contribution in [-0.2, 0) is 16.6 Å². The van der Waals surface area contributed by atoms with Gasteiger partial charge >= 0.3 is 0 Å². The average molecular weight is 289 g/mol. The SMILES string of the molecule is CCCNCCCn1cc(S(=O)(=O)NN(C)C)cn1. The smallest absolute Gasteiger partial charge is 0.256 e. The Bertz CT molecular complexity index is 469. The minimum Gasteiger partial charge on any atom is -0.317 e. The first kappa shape index (κ1) is 16.1. The van der Waals surface area contributed by atoms with E-state index in [2.05, 4.69) is 22.2 Å². The number of aromatic nitrogens is 2. The lowest BCUT2D eigenvalue weighted by Gasteiger charge is -2.10. The first-order valence-corrected chi connectivity index (χ1v) is 7.87. The molecule has 0 fully saturated rings. The zero-order valence-electron chi connectivity index (χ0n) is 11.8. The van der Waals surface area contributed by atoms with Crippen LogP contribution in [0.1, 0.15) is 19.8 Å². The topological polar surface area (TPSA) is 79.3 Å². The summed E-state index contributed by atoms with van der Waals surface area (Å²) in [6, 6.07) is 0. The Hall–Kier alpha value is -0.960. The summed E-state index contributed by atoms with van der Waals surface area (Å²) in [6.07, 6.45) is 4.94. The van der Waals surface area contributed by atoms with E-state index in [1.165, 1.54) is 11.2 Å². The van der Waals surface area contributed by atoms with Gasteiger partial charge in [0.15, 0.2) is 0 Å². The monoisotopic (exact) mass is 289 g/mol. The summed E-state index contributed by atoms with van der Waals surface area (Å²) >= 11 is 0. The van der Waals surface area contributed by atoms with Crippen molar-refractivity contribution in [1.82, 2.24) is 24.9 Å². The lowest BCUT2D eigenvalue weighted by Crippen LogP contribution is -2.35. The number of nitrogens with zero attached hydrogens (tertiary/aromatic N) is 3. The predicted molar refractivity (Wildman–Crippen MR) is 74.0 cm³/mol. The molecule has 7 nitrogen and oxygen atoms in total. The molecule has 2 N–H and O–H groups in total. The van der Waals surface area contributed by atoms with Crippen molar-refractivity contribution < 1.29 is 8.42 Å². The first-order chi connectivity index (χ1) is 8.95. The van der Waals surface area contributed by atoms with Crippen LogP contribution in [0.4, 0.5) is 0 Å². The molecule has 0 aromatic carbocycles. The van der Waals surface area contributed by atoms with E-state index in [-0.39, 0.29) is 4.90 Å². The van der Waals surface area contributed by atoms with Crippen LogP contribution in [-0.4, -0.2) is 50.4 Å². The summed E-state index contributed by atoms with van der Waals surface area (Å²) in [4.78, 5) is 2.56. The van der Waals surface area contributed by atoms with Crippen molar-refractivity contribution in [2.75, 3.05) is 27.2 Å². The fourth-order valence-electron chi connectivity index (χ4n) is 1.57. The Balaban J connectivity index is 2.48. The number of sulfonamides is 1. The largest absolute Gasteiger partial charge is 0.317 e. The fraction of sp³-hybridized carbons (Fsp3) is 0.727. The Morgan fingerprint density at radius 1 is 1.37 bits per heavy atom. The lowest BCUT2D eigenvalue weighted by atomic mass is 10.4. The van der Waals surface area contributed by atoms with Crippen molar-refractivity contribution in [3.63, 3.8) is 0 Å². The molecule has 0 atom stereocenters. The van der Waals surface area contributed by atoms with Gasteiger partial charge in [-0.05, 0) is 25.9 Å². The highest BCUT2D eigenvalue weighted by Gasteiger charge is 2.16. The van der Waals surface area contributed by atoms with E-state index in [4.69, 9.17) is 0 Å². The van der Waals surface area contributed by atoms with Crippen molar-refractivity contribution in [1.29, 1.82) is 0 Å². The molecular weight excluding hydrogens is 266 g/mol. The Labute approximate surface area is 115 Å². The number of aryl methyl sites for hydroxylation is 1. The maximum atomic E-state index is 11.9. The third kappa shape index (κ3) is 5.68. The van der Waals surface area contributed by atoms with E-state index >= 15 is 0 Å². The average Bonchev–Trinajstić information content (AvgIpc) is 2.76. The standard InChI is InChI=1S/C11H23N5O2S/c1-4-6-12-7-5-8-16-10-11(9-13-16)19(17,18)14-15(2)3/h9-10,12,14H,4-8H2,1-3H3. The highest BCUT2D eigenvalue weighted by molar-refractivity contribution is 7.89. The summed E-state index contributed by atoms with van der Waals surface area (Å²) in [6.45, 7) is 4.74. The van der Waals surface area contributed by atoms with E-state index in [1.54, 1.807) is 25.0 Å². The maximum Gasteiger partial charge on any atom is 0.256 e. The first-order valence-electron chi connectivity index (χ1n) is 6.38. The van der Waals surface area contributed by atoms with Crippen molar-refractivity contribution in [3.05, 3.63) is 12.4 Å². The van der Waals surface area contributed by atoms with E-state index in [0.29, 0.717) is 6.54 Å². The fourth-order valence-corrected chi connectivity index (χ4v) is 2.60. The van der Waals surface area contributed by atoms with E-state index in [9.17, 15) is 8.42 Å². The molecule has 0 unspecified atom stereocenters. The van der Waals surface area contributed by atoms with Gasteiger partial charge in [0.1, 0.15) is 4.90 Å². The molecule has 110 valence electrons. The Morgan fingerprint density at radius 3 is 2.74 bits per heavy atom. The van der Waals surface area contributed by atoms with E-state index in [1.807, 2.05) is 0 Å². The van der Waals surface area contributed by atoms with Gasteiger partial charge in [-0.1, -0.05) is 6.92 Å². The second-order valence-corrected chi connectivity index (χ2v) is 6.19. The normalized spacial score (nSPS) is 12.2. The van der Waals surface area contributed by atoms with Gasteiger partial charge in [0.25, 0.3) is 10.0 Å². The third-order valence-corrected chi connectivity index (χ3v) is 3.83. The summed E-state index contributed by atoms with van der Waals surface area (Å²) < 4.78 is 25.4. The molecule has 1 heterocycles. The Kier molecular flexibility index (Phi) is 6.43. The van der Waals surface area contributed by atoms with Gasteiger partial charge in [0, 0.05) is 26.8 Å². The van der Waals surface area contributed by atoms with Crippen LogP contribution < -0.4 is 10.1 Å². The van der Waals surface area contributed by atoms with Crippen LogP contribution in [0.15, 0.2) is 17.3 Å². The van der Waals surface area contributed by atoms with Gasteiger partial charge in [-0.25, -0.2) is 13.4 Å². The molecule has 0 radical (unpaired) electrons. The molecule has 0 aliphatic heterocycles. The number of hydrogen-bond acceptors (Lipinski definition) is 5. The zero-order valence-corrected chi connectivity index (χ0v) is 12.6. The molecule has 0 spiro atoms. The molecule has 0 saturated carbocycles. The van der Waals surface area contributed by atoms with Gasteiger partial charge in [-0.15, -0.1) is 4.83 Å². The summed E-state index contributed by atoms with van der Waals surface area (Å²) in [7, 11) is -0.248. The highest BCUT2D eigenvalue weighted by Crippen LogP contribution is 2.07. The van der Waals surface area contributed by atoms with Crippen LogP contribution in [0.25, 0.3) is 0 Å². The van der Waals surface area contributed by atoms with Gasteiger partial charge in [0.2, 0.25) is 0 Å².